The van der Waals surface area contributed by atoms with Crippen molar-refractivity contribution in [2.45, 2.75) is 45.4 Å². The van der Waals surface area contributed by atoms with Crippen molar-refractivity contribution in [2.75, 3.05) is 6.54 Å². The number of benzene rings is 3. The quantitative estimate of drug-likeness (QED) is 0.453. The van der Waals surface area contributed by atoms with E-state index in [1.807, 2.05) is 24.3 Å². The summed E-state index contributed by atoms with van der Waals surface area (Å²) in [7, 11) is 0. The van der Waals surface area contributed by atoms with Gasteiger partial charge in [-0.15, -0.1) is 5.92 Å². The summed E-state index contributed by atoms with van der Waals surface area (Å²) < 4.78 is 5.92. The first-order valence-electron chi connectivity index (χ1n) is 11.3. The van der Waals surface area contributed by atoms with Gasteiger partial charge in [0.15, 0.2) is 0 Å². The van der Waals surface area contributed by atoms with E-state index in [2.05, 4.69) is 65.3 Å². The van der Waals surface area contributed by atoms with Crippen molar-refractivity contribution in [3.8, 4) is 17.6 Å². The van der Waals surface area contributed by atoms with Crippen molar-refractivity contribution in [2.24, 2.45) is 0 Å². The smallest absolute Gasteiger partial charge is 0.304 e. The Bertz CT molecular complexity index is 1110. The number of nitrogens with zero attached hydrogens (tertiary/aromatic N) is 1. The number of ether oxygens (including phenoxy) is 1. The Morgan fingerprint density at radius 1 is 0.970 bits per heavy atom. The molecule has 1 aliphatic rings. The maximum atomic E-state index is 11.1. The molecule has 4 heteroatoms. The van der Waals surface area contributed by atoms with Crippen LogP contribution < -0.4 is 4.74 Å². The topological polar surface area (TPSA) is 49.8 Å². The van der Waals surface area contributed by atoms with Gasteiger partial charge >= 0.3 is 5.97 Å². The molecular weight excluding hydrogens is 410 g/mol. The number of hydrogen-bond acceptors (Lipinski definition) is 3. The van der Waals surface area contributed by atoms with E-state index < -0.39 is 5.97 Å². The number of rotatable bonds is 9. The van der Waals surface area contributed by atoms with Crippen LogP contribution in [0.15, 0.2) is 72.8 Å². The molecule has 0 amide bonds. The molecule has 0 aromatic heterocycles. The number of carboxylic acids is 1. The molecule has 3 aromatic carbocycles. The summed E-state index contributed by atoms with van der Waals surface area (Å²) in [6, 6.07) is 24.9. The van der Waals surface area contributed by atoms with Gasteiger partial charge in [0.1, 0.15) is 12.4 Å². The third-order valence-corrected chi connectivity index (χ3v) is 6.03. The lowest BCUT2D eigenvalue weighted by Gasteiger charge is -2.15. The van der Waals surface area contributed by atoms with Gasteiger partial charge in [0, 0.05) is 19.6 Å². The van der Waals surface area contributed by atoms with E-state index in [9.17, 15) is 4.79 Å². The molecule has 0 spiro atoms. The second kappa shape index (κ2) is 10.8. The zero-order valence-electron chi connectivity index (χ0n) is 19.0. The standard InChI is InChI=1S/C29H29NO3/c1-2-5-25(18-29(31)32)24-12-14-28(15-13-24)33-21-23-10-8-22(9-11-23)16-17-30-19-26-6-3-4-7-27(26)20-30/h3-4,6-15,25H,16-21H2,1H3,(H,31,32). The molecule has 0 saturated heterocycles. The van der Waals surface area contributed by atoms with Gasteiger partial charge in [-0.3, -0.25) is 9.69 Å². The summed E-state index contributed by atoms with van der Waals surface area (Å²) in [6.45, 7) is 5.37. The predicted molar refractivity (Wildman–Crippen MR) is 130 cm³/mol. The summed E-state index contributed by atoms with van der Waals surface area (Å²) in [4.78, 5) is 13.6. The molecule has 0 saturated carbocycles. The SMILES string of the molecule is CC#CC(CC(=O)O)c1ccc(OCc2ccc(CCN3Cc4ccccc4C3)cc2)cc1. The second-order valence-electron chi connectivity index (χ2n) is 8.45. The molecular formula is C29H29NO3. The Balaban J connectivity index is 1.25. The fraction of sp³-hybridized carbons (Fsp3) is 0.276. The van der Waals surface area contributed by atoms with Crippen LogP contribution in [0.1, 0.15) is 47.1 Å². The first kappa shape index (κ1) is 22.6. The summed E-state index contributed by atoms with van der Waals surface area (Å²) in [5.41, 5.74) is 6.25. The molecule has 0 fully saturated rings. The first-order chi connectivity index (χ1) is 16.1. The number of carbonyl (C=O) groups is 1. The van der Waals surface area contributed by atoms with Gasteiger partial charge in [0.25, 0.3) is 0 Å². The minimum atomic E-state index is -0.850. The van der Waals surface area contributed by atoms with Crippen LogP contribution in [0, 0.1) is 11.8 Å². The number of carboxylic acid groups (broad SMARTS) is 1. The van der Waals surface area contributed by atoms with Crippen LogP contribution in [0.2, 0.25) is 0 Å². The zero-order chi connectivity index (χ0) is 23.0. The summed E-state index contributed by atoms with van der Waals surface area (Å²) in [6.07, 6.45) is 1.03. The average molecular weight is 440 g/mol. The van der Waals surface area contributed by atoms with Crippen LogP contribution in [-0.4, -0.2) is 22.5 Å². The van der Waals surface area contributed by atoms with Crippen molar-refractivity contribution in [1.82, 2.24) is 4.90 Å². The Morgan fingerprint density at radius 3 is 2.21 bits per heavy atom. The second-order valence-corrected chi connectivity index (χ2v) is 8.45. The number of hydrogen-bond donors (Lipinski definition) is 1. The Labute approximate surface area is 195 Å². The Hall–Kier alpha value is -3.55. The molecule has 1 heterocycles. The maximum Gasteiger partial charge on any atom is 0.304 e. The van der Waals surface area contributed by atoms with E-state index in [-0.39, 0.29) is 12.3 Å². The summed E-state index contributed by atoms with van der Waals surface area (Å²) >= 11 is 0. The minimum absolute atomic E-state index is 0.00190. The molecule has 4 nitrogen and oxygen atoms in total. The van der Waals surface area contributed by atoms with E-state index in [0.717, 1.165) is 42.9 Å². The largest absolute Gasteiger partial charge is 0.489 e. The predicted octanol–water partition coefficient (Wildman–Crippen LogP) is 5.41. The molecule has 1 N–H and O–H groups in total. The fourth-order valence-electron chi connectivity index (χ4n) is 4.22. The molecule has 0 aliphatic carbocycles. The van der Waals surface area contributed by atoms with Gasteiger partial charge in [0.05, 0.1) is 12.3 Å². The van der Waals surface area contributed by atoms with Crippen LogP contribution in [0.5, 0.6) is 5.75 Å². The van der Waals surface area contributed by atoms with Gasteiger partial charge in [0.2, 0.25) is 0 Å². The van der Waals surface area contributed by atoms with E-state index in [1.54, 1.807) is 6.92 Å². The van der Waals surface area contributed by atoms with Crippen molar-refractivity contribution in [3.05, 3.63) is 101 Å². The third kappa shape index (κ3) is 6.25. The normalized spacial score (nSPS) is 13.6. The molecule has 0 radical (unpaired) electrons. The molecule has 1 atom stereocenters. The van der Waals surface area contributed by atoms with Gasteiger partial charge in [-0.1, -0.05) is 66.6 Å². The molecule has 4 rings (SSSR count). The molecule has 1 unspecified atom stereocenters. The molecule has 1 aliphatic heterocycles. The van der Waals surface area contributed by atoms with Crippen LogP contribution >= 0.6 is 0 Å². The number of aliphatic carboxylic acids is 1. The highest BCUT2D eigenvalue weighted by atomic mass is 16.5. The van der Waals surface area contributed by atoms with Crippen LogP contribution in [0.4, 0.5) is 0 Å². The first-order valence-corrected chi connectivity index (χ1v) is 11.3. The third-order valence-electron chi connectivity index (χ3n) is 6.03. The van der Waals surface area contributed by atoms with Gasteiger partial charge in [-0.2, -0.15) is 0 Å². The van der Waals surface area contributed by atoms with Crippen LogP contribution in [0.25, 0.3) is 0 Å². The molecule has 168 valence electrons. The van der Waals surface area contributed by atoms with Crippen molar-refractivity contribution in [3.63, 3.8) is 0 Å². The summed E-state index contributed by atoms with van der Waals surface area (Å²) in [5.74, 6) is 5.40. The van der Waals surface area contributed by atoms with Gasteiger partial charge in [-0.25, -0.2) is 0 Å². The van der Waals surface area contributed by atoms with Gasteiger partial charge < -0.3 is 9.84 Å². The number of fused-ring (bicyclic) bond motifs is 1. The lowest BCUT2D eigenvalue weighted by Crippen LogP contribution is -2.19. The van der Waals surface area contributed by atoms with E-state index >= 15 is 0 Å². The molecule has 3 aromatic rings. The van der Waals surface area contributed by atoms with E-state index in [4.69, 9.17) is 9.84 Å². The minimum Gasteiger partial charge on any atom is -0.489 e. The van der Waals surface area contributed by atoms with Crippen molar-refractivity contribution in [1.29, 1.82) is 0 Å². The summed E-state index contributed by atoms with van der Waals surface area (Å²) in [5, 5.41) is 9.09. The highest BCUT2D eigenvalue weighted by Crippen LogP contribution is 2.24. The van der Waals surface area contributed by atoms with Crippen LogP contribution in [-0.2, 0) is 30.9 Å². The lowest BCUT2D eigenvalue weighted by atomic mass is 9.96. The zero-order valence-corrected chi connectivity index (χ0v) is 19.0. The van der Waals surface area contributed by atoms with E-state index in [1.165, 1.54) is 16.7 Å². The van der Waals surface area contributed by atoms with Crippen molar-refractivity contribution >= 4 is 5.97 Å². The Morgan fingerprint density at radius 2 is 1.61 bits per heavy atom. The fourth-order valence-corrected chi connectivity index (χ4v) is 4.22. The van der Waals surface area contributed by atoms with Crippen molar-refractivity contribution < 1.29 is 14.6 Å². The van der Waals surface area contributed by atoms with E-state index in [0.29, 0.717) is 6.61 Å². The lowest BCUT2D eigenvalue weighted by molar-refractivity contribution is -0.137. The molecule has 33 heavy (non-hydrogen) atoms. The Kier molecular flexibility index (Phi) is 7.44. The average Bonchev–Trinajstić information content (AvgIpc) is 3.25. The van der Waals surface area contributed by atoms with Crippen LogP contribution in [0.3, 0.4) is 0 Å². The highest BCUT2D eigenvalue weighted by Gasteiger charge is 2.17. The maximum absolute atomic E-state index is 11.1. The monoisotopic (exact) mass is 439 g/mol. The highest BCUT2D eigenvalue weighted by molar-refractivity contribution is 5.69. The van der Waals surface area contributed by atoms with Gasteiger partial charge in [-0.05, 0) is 53.3 Å². The molecule has 0 bridgehead atoms.